The molecule has 0 aromatic heterocycles. The predicted molar refractivity (Wildman–Crippen MR) is 163 cm³/mol. The molecule has 0 aliphatic heterocycles. The van der Waals surface area contributed by atoms with Gasteiger partial charge in [0, 0.05) is 11.1 Å². The number of benzene rings is 3. The number of aliphatic hydroxyl groups excluding tert-OH is 1. The van der Waals surface area contributed by atoms with Gasteiger partial charge in [-0.05, 0) is 38.7 Å². The molecule has 0 bridgehead atoms. The highest BCUT2D eigenvalue weighted by molar-refractivity contribution is 5.94. The van der Waals surface area contributed by atoms with Crippen molar-refractivity contribution >= 4 is 11.6 Å². The molecule has 1 N–H and O–H groups in total. The van der Waals surface area contributed by atoms with E-state index < -0.39 is 0 Å². The third-order valence-electron chi connectivity index (χ3n) is 5.83. The summed E-state index contributed by atoms with van der Waals surface area (Å²) in [5, 5.41) is 9.33. The summed E-state index contributed by atoms with van der Waals surface area (Å²) in [6.07, 6.45) is 9.68. The molecule has 0 spiro atoms. The summed E-state index contributed by atoms with van der Waals surface area (Å²) in [5.74, 6) is 1.28. The Morgan fingerprint density at radius 1 is 0.789 bits per heavy atom. The number of hydrogen-bond donors (Lipinski definition) is 1. The molecule has 3 heteroatoms. The molecular formula is C35H48O3. The van der Waals surface area contributed by atoms with Gasteiger partial charge in [0.15, 0.2) is 11.6 Å². The third kappa shape index (κ3) is 18.0. The highest BCUT2D eigenvalue weighted by Crippen LogP contribution is 2.22. The first-order valence-electron chi connectivity index (χ1n) is 13.7. The second kappa shape index (κ2) is 22.9. The largest absolute Gasteiger partial charge is 0.388 e. The Hall–Kier alpha value is -3.30. The average molecular weight is 517 g/mol. The van der Waals surface area contributed by atoms with Crippen LogP contribution in [0.25, 0.3) is 0 Å². The van der Waals surface area contributed by atoms with Crippen LogP contribution in [0.15, 0.2) is 104 Å². The summed E-state index contributed by atoms with van der Waals surface area (Å²) < 4.78 is 0. The molecular weight excluding hydrogens is 468 g/mol. The molecule has 38 heavy (non-hydrogen) atoms. The fourth-order valence-electron chi connectivity index (χ4n) is 3.56. The fraction of sp³-hybridized carbons (Fsp3) is 0.371. The highest BCUT2D eigenvalue weighted by Gasteiger charge is 2.06. The Balaban J connectivity index is 0.000000466. The minimum Gasteiger partial charge on any atom is -0.388 e. The van der Waals surface area contributed by atoms with Crippen LogP contribution in [0.5, 0.6) is 0 Å². The van der Waals surface area contributed by atoms with E-state index in [1.54, 1.807) is 19.9 Å². The van der Waals surface area contributed by atoms with Gasteiger partial charge in [-0.1, -0.05) is 143 Å². The van der Waals surface area contributed by atoms with E-state index in [1.807, 2.05) is 105 Å². The number of Topliss-reactive ketones (excluding diaryl/α,β-unsaturated/α-hetero) is 2. The van der Waals surface area contributed by atoms with Gasteiger partial charge in [-0.25, -0.2) is 0 Å². The first-order chi connectivity index (χ1) is 18.3. The van der Waals surface area contributed by atoms with Gasteiger partial charge in [0.1, 0.15) is 0 Å². The van der Waals surface area contributed by atoms with Crippen molar-refractivity contribution in [1.29, 1.82) is 0 Å². The van der Waals surface area contributed by atoms with Gasteiger partial charge >= 0.3 is 0 Å². The first kappa shape index (κ1) is 34.7. The Morgan fingerprint density at radius 2 is 1.13 bits per heavy atom. The van der Waals surface area contributed by atoms with Crippen LogP contribution in [0, 0.1) is 5.92 Å². The Bertz CT molecular complexity index is 926. The van der Waals surface area contributed by atoms with Crippen molar-refractivity contribution in [1.82, 2.24) is 0 Å². The smallest absolute Gasteiger partial charge is 0.159 e. The third-order valence-corrected chi connectivity index (χ3v) is 5.83. The quantitative estimate of drug-likeness (QED) is 0.277. The molecule has 3 nitrogen and oxygen atoms in total. The second-order valence-electron chi connectivity index (χ2n) is 9.33. The van der Waals surface area contributed by atoms with Crippen molar-refractivity contribution in [2.75, 3.05) is 0 Å². The van der Waals surface area contributed by atoms with Crippen LogP contribution in [0.2, 0.25) is 0 Å². The van der Waals surface area contributed by atoms with Gasteiger partial charge in [0.05, 0.1) is 6.10 Å². The SMILES string of the molecule is C=CC.CC(=O)c1ccccc1.CC(=O)c1ccccc1.CC1CCCCC1.CCC(O)c1ccccc1. The van der Waals surface area contributed by atoms with E-state index >= 15 is 0 Å². The number of allylic oxidation sites excluding steroid dienone is 1. The van der Waals surface area contributed by atoms with Crippen molar-refractivity contribution in [2.45, 2.75) is 79.2 Å². The molecule has 0 saturated heterocycles. The number of carbonyl (C=O) groups excluding carboxylic acids is 2. The van der Waals surface area contributed by atoms with Crippen LogP contribution in [-0.4, -0.2) is 16.7 Å². The van der Waals surface area contributed by atoms with E-state index in [-0.39, 0.29) is 17.7 Å². The van der Waals surface area contributed by atoms with E-state index in [9.17, 15) is 14.7 Å². The zero-order valence-electron chi connectivity index (χ0n) is 24.1. The topological polar surface area (TPSA) is 54.4 Å². The normalized spacial score (nSPS) is 12.7. The van der Waals surface area contributed by atoms with Crippen molar-refractivity contribution in [2.24, 2.45) is 5.92 Å². The maximum atomic E-state index is 10.6. The Morgan fingerprint density at radius 3 is 1.37 bits per heavy atom. The lowest BCUT2D eigenvalue weighted by Crippen LogP contribution is -1.99. The van der Waals surface area contributed by atoms with E-state index in [1.165, 1.54) is 32.1 Å². The van der Waals surface area contributed by atoms with Crippen LogP contribution < -0.4 is 0 Å². The van der Waals surface area contributed by atoms with E-state index in [4.69, 9.17) is 0 Å². The molecule has 0 radical (unpaired) electrons. The van der Waals surface area contributed by atoms with Crippen LogP contribution >= 0.6 is 0 Å². The summed E-state index contributed by atoms with van der Waals surface area (Å²) in [6.45, 7) is 12.7. The monoisotopic (exact) mass is 516 g/mol. The maximum Gasteiger partial charge on any atom is 0.159 e. The average Bonchev–Trinajstić information content (AvgIpc) is 2.96. The van der Waals surface area contributed by atoms with Crippen LogP contribution in [0.1, 0.15) is 106 Å². The summed E-state index contributed by atoms with van der Waals surface area (Å²) in [6, 6.07) is 28.2. The molecule has 1 atom stereocenters. The molecule has 206 valence electrons. The molecule has 0 heterocycles. The minimum atomic E-state index is -0.291. The Kier molecular flexibility index (Phi) is 20.9. The lowest BCUT2D eigenvalue weighted by molar-refractivity contribution is 0.100. The molecule has 3 aromatic carbocycles. The van der Waals surface area contributed by atoms with Crippen molar-refractivity contribution in [3.63, 3.8) is 0 Å². The van der Waals surface area contributed by atoms with Gasteiger partial charge in [-0.2, -0.15) is 0 Å². The summed E-state index contributed by atoms with van der Waals surface area (Å²) in [5.41, 5.74) is 2.56. The van der Waals surface area contributed by atoms with E-state index in [0.717, 1.165) is 29.0 Å². The molecule has 1 aliphatic carbocycles. The maximum absolute atomic E-state index is 10.6. The minimum absolute atomic E-state index is 0.121. The lowest BCUT2D eigenvalue weighted by atomic mass is 9.91. The summed E-state index contributed by atoms with van der Waals surface area (Å²) >= 11 is 0. The van der Waals surface area contributed by atoms with Gasteiger partial charge < -0.3 is 5.11 Å². The first-order valence-corrected chi connectivity index (χ1v) is 13.7. The molecule has 3 aromatic rings. The van der Waals surface area contributed by atoms with Crippen molar-refractivity contribution < 1.29 is 14.7 Å². The van der Waals surface area contributed by atoms with Gasteiger partial charge in [-0.15, -0.1) is 6.58 Å². The van der Waals surface area contributed by atoms with Gasteiger partial charge in [0.25, 0.3) is 0 Å². The van der Waals surface area contributed by atoms with Crippen LogP contribution in [-0.2, 0) is 0 Å². The van der Waals surface area contributed by atoms with Crippen molar-refractivity contribution in [3.8, 4) is 0 Å². The van der Waals surface area contributed by atoms with Gasteiger partial charge in [-0.3, -0.25) is 9.59 Å². The molecule has 1 saturated carbocycles. The molecule has 1 fully saturated rings. The number of carbonyl (C=O) groups is 2. The zero-order valence-corrected chi connectivity index (χ0v) is 24.1. The standard InChI is InChI=1S/C9H12O.2C8H8O.C7H14.C3H6/c1-2-9(10)8-6-4-3-5-7-8;2*1-7(9)8-5-3-2-4-6-8;1-7-5-3-2-4-6-7;1-3-2/h3-7,9-10H,2H2,1H3;2*2-6H,1H3;7H,2-6H2,1H3;3H,1H2,2H3. The molecule has 1 unspecified atom stereocenters. The predicted octanol–water partition coefficient (Wildman–Crippen LogP) is 9.69. The van der Waals surface area contributed by atoms with E-state index in [0.29, 0.717) is 0 Å². The fourth-order valence-corrected chi connectivity index (χ4v) is 3.56. The van der Waals surface area contributed by atoms with Gasteiger partial charge in [0.2, 0.25) is 0 Å². The van der Waals surface area contributed by atoms with Crippen LogP contribution in [0.4, 0.5) is 0 Å². The van der Waals surface area contributed by atoms with Crippen LogP contribution in [0.3, 0.4) is 0 Å². The molecule has 1 aliphatic rings. The van der Waals surface area contributed by atoms with Crippen molar-refractivity contribution in [3.05, 3.63) is 120 Å². The summed E-state index contributed by atoms with van der Waals surface area (Å²) in [4.78, 5) is 21.3. The zero-order chi connectivity index (χ0) is 28.6. The highest BCUT2D eigenvalue weighted by atomic mass is 16.3. The number of aliphatic hydroxyl groups is 1. The number of ketones is 2. The lowest BCUT2D eigenvalue weighted by Gasteiger charge is -2.15. The Labute approximate surface area is 231 Å². The molecule has 0 amide bonds. The van der Waals surface area contributed by atoms with E-state index in [2.05, 4.69) is 13.5 Å². The number of rotatable bonds is 4. The molecule has 4 rings (SSSR count). The number of hydrogen-bond acceptors (Lipinski definition) is 3. The summed E-state index contributed by atoms with van der Waals surface area (Å²) in [7, 11) is 0. The second-order valence-corrected chi connectivity index (χ2v) is 9.33.